The summed E-state index contributed by atoms with van der Waals surface area (Å²) in [6.07, 6.45) is 4.28. The van der Waals surface area contributed by atoms with Gasteiger partial charge in [0.1, 0.15) is 5.75 Å². The van der Waals surface area contributed by atoms with Gasteiger partial charge in [0.2, 0.25) is 0 Å². The Morgan fingerprint density at radius 3 is 2.56 bits per heavy atom. The number of hydrogen-bond acceptors (Lipinski definition) is 4. The number of aromatic hydroxyl groups is 1. The molecule has 0 unspecified atom stereocenters. The first kappa shape index (κ1) is 14.9. The van der Waals surface area contributed by atoms with Crippen molar-refractivity contribution in [2.75, 3.05) is 20.1 Å². The number of hydrogen-bond donors (Lipinski definition) is 1. The molecule has 0 atom stereocenters. The molecule has 100 valence electrons. The van der Waals surface area contributed by atoms with Crippen LogP contribution in [0, 0.1) is 0 Å². The summed E-state index contributed by atoms with van der Waals surface area (Å²) in [7, 11) is 2.19. The van der Waals surface area contributed by atoms with E-state index in [0.717, 1.165) is 10.2 Å². The van der Waals surface area contributed by atoms with E-state index in [4.69, 9.17) is 5.11 Å². The van der Waals surface area contributed by atoms with E-state index in [1.807, 2.05) is 0 Å². The van der Waals surface area contributed by atoms with Crippen molar-refractivity contribution in [3.8, 4) is 5.75 Å². The first-order valence-electron chi connectivity index (χ1n) is 5.96. The number of rotatable bonds is 0. The standard InChI is InChI=1S/C7H5NOS.C6H13N.CH4/c9-5-1-2-6-7(3-5)10-4-8-6;1-7-5-3-2-4-6-7;/h1-4,9H;2-6H2,1H3;1H4. The zero-order valence-electron chi connectivity index (χ0n) is 10.1. The fourth-order valence-corrected chi connectivity index (χ4v) is 2.61. The van der Waals surface area contributed by atoms with Crippen molar-refractivity contribution >= 4 is 21.6 Å². The average molecular weight is 266 g/mol. The highest BCUT2D eigenvalue weighted by Crippen LogP contribution is 2.21. The van der Waals surface area contributed by atoms with Crippen LogP contribution in [0.5, 0.6) is 5.75 Å². The molecule has 2 heterocycles. The van der Waals surface area contributed by atoms with Crippen LogP contribution >= 0.6 is 11.3 Å². The van der Waals surface area contributed by atoms with Crippen LogP contribution in [0.1, 0.15) is 26.7 Å². The molecule has 0 aliphatic carbocycles. The summed E-state index contributed by atoms with van der Waals surface area (Å²) in [5.41, 5.74) is 2.72. The minimum Gasteiger partial charge on any atom is -0.508 e. The molecule has 0 radical (unpaired) electrons. The van der Waals surface area contributed by atoms with E-state index in [1.165, 1.54) is 43.7 Å². The zero-order valence-corrected chi connectivity index (χ0v) is 10.9. The molecule has 18 heavy (non-hydrogen) atoms. The van der Waals surface area contributed by atoms with Crippen molar-refractivity contribution < 1.29 is 5.11 Å². The summed E-state index contributed by atoms with van der Waals surface area (Å²) in [5, 5.41) is 9.03. The number of phenols is 1. The molecule has 0 bridgehead atoms. The van der Waals surface area contributed by atoms with Crippen LogP contribution in [0.2, 0.25) is 0 Å². The molecule has 1 saturated heterocycles. The topological polar surface area (TPSA) is 36.4 Å². The SMILES string of the molecule is C.CN1CCCCC1.Oc1ccc2ncsc2c1. The van der Waals surface area contributed by atoms with Crippen molar-refractivity contribution in [1.29, 1.82) is 0 Å². The summed E-state index contributed by atoms with van der Waals surface area (Å²) < 4.78 is 1.03. The van der Waals surface area contributed by atoms with Crippen molar-refractivity contribution in [3.63, 3.8) is 0 Å². The number of benzene rings is 1. The number of likely N-dealkylation sites (tertiary alicyclic amines) is 1. The van der Waals surface area contributed by atoms with Gasteiger partial charge < -0.3 is 10.0 Å². The van der Waals surface area contributed by atoms with E-state index in [0.29, 0.717) is 5.75 Å². The Hall–Kier alpha value is -1.13. The van der Waals surface area contributed by atoms with Crippen molar-refractivity contribution in [1.82, 2.24) is 9.88 Å². The Bertz CT molecular complexity index is 464. The number of fused-ring (bicyclic) bond motifs is 1. The summed E-state index contributed by atoms with van der Waals surface area (Å²) >= 11 is 1.53. The fraction of sp³-hybridized carbons (Fsp3) is 0.500. The van der Waals surface area contributed by atoms with E-state index in [1.54, 1.807) is 23.7 Å². The third-order valence-electron chi connectivity index (χ3n) is 2.89. The monoisotopic (exact) mass is 266 g/mol. The van der Waals surface area contributed by atoms with Crippen molar-refractivity contribution in [2.45, 2.75) is 26.7 Å². The fourth-order valence-electron chi connectivity index (χ4n) is 1.90. The lowest BCUT2D eigenvalue weighted by molar-refractivity contribution is 0.277. The van der Waals surface area contributed by atoms with Crippen LogP contribution < -0.4 is 0 Å². The molecule has 2 aromatic rings. The molecule has 0 spiro atoms. The second-order valence-corrected chi connectivity index (χ2v) is 5.25. The van der Waals surface area contributed by atoms with Crippen LogP contribution in [-0.2, 0) is 0 Å². The first-order valence-corrected chi connectivity index (χ1v) is 6.84. The third kappa shape index (κ3) is 4.27. The quantitative estimate of drug-likeness (QED) is 0.789. The van der Waals surface area contributed by atoms with Gasteiger partial charge in [-0.05, 0) is 51.2 Å². The Balaban J connectivity index is 0.000000181. The van der Waals surface area contributed by atoms with Crippen LogP contribution in [0.3, 0.4) is 0 Å². The highest BCUT2D eigenvalue weighted by Gasteiger charge is 2.02. The van der Waals surface area contributed by atoms with Gasteiger partial charge in [0.25, 0.3) is 0 Å². The van der Waals surface area contributed by atoms with Gasteiger partial charge in [0.05, 0.1) is 15.7 Å². The van der Waals surface area contributed by atoms with Gasteiger partial charge >= 0.3 is 0 Å². The second-order valence-electron chi connectivity index (χ2n) is 4.37. The van der Waals surface area contributed by atoms with E-state index < -0.39 is 0 Å². The number of thiazole rings is 1. The summed E-state index contributed by atoms with van der Waals surface area (Å²) in [6.45, 7) is 2.64. The Morgan fingerprint density at radius 1 is 1.22 bits per heavy atom. The Kier molecular flexibility index (Phi) is 6.09. The number of nitrogens with zero attached hydrogens (tertiary/aromatic N) is 2. The van der Waals surface area contributed by atoms with Gasteiger partial charge in [-0.3, -0.25) is 0 Å². The van der Waals surface area contributed by atoms with Gasteiger partial charge in [-0.1, -0.05) is 13.8 Å². The molecule has 1 fully saturated rings. The predicted octanol–water partition coefficient (Wildman–Crippen LogP) is 3.74. The maximum atomic E-state index is 9.03. The van der Waals surface area contributed by atoms with Crippen LogP contribution in [0.25, 0.3) is 10.2 Å². The molecule has 1 aromatic heterocycles. The van der Waals surface area contributed by atoms with E-state index in [2.05, 4.69) is 16.9 Å². The smallest absolute Gasteiger partial charge is 0.117 e. The van der Waals surface area contributed by atoms with E-state index in [-0.39, 0.29) is 7.43 Å². The maximum absolute atomic E-state index is 9.03. The van der Waals surface area contributed by atoms with Crippen molar-refractivity contribution in [3.05, 3.63) is 23.7 Å². The van der Waals surface area contributed by atoms with Gasteiger partial charge in [0.15, 0.2) is 0 Å². The van der Waals surface area contributed by atoms with Gasteiger partial charge in [-0.25, -0.2) is 4.98 Å². The minimum absolute atomic E-state index is 0. The summed E-state index contributed by atoms with van der Waals surface area (Å²) in [4.78, 5) is 6.46. The first-order chi connectivity index (χ1) is 8.25. The molecule has 3 nitrogen and oxygen atoms in total. The lowest BCUT2D eigenvalue weighted by atomic mass is 10.1. The normalized spacial score (nSPS) is 15.6. The molecule has 3 rings (SSSR count). The highest BCUT2D eigenvalue weighted by atomic mass is 32.1. The van der Waals surface area contributed by atoms with Crippen LogP contribution in [0.15, 0.2) is 23.7 Å². The lowest BCUT2D eigenvalue weighted by Crippen LogP contribution is -2.24. The Labute approximate surface area is 113 Å². The Morgan fingerprint density at radius 2 is 1.94 bits per heavy atom. The van der Waals surface area contributed by atoms with Gasteiger partial charge in [-0.2, -0.15) is 0 Å². The average Bonchev–Trinajstić information content (AvgIpc) is 2.78. The molecule has 0 saturated carbocycles. The molecule has 1 aromatic carbocycles. The van der Waals surface area contributed by atoms with Crippen LogP contribution in [-0.4, -0.2) is 35.1 Å². The zero-order chi connectivity index (χ0) is 12.1. The summed E-state index contributed by atoms with van der Waals surface area (Å²) in [6, 6.07) is 5.16. The van der Waals surface area contributed by atoms with Gasteiger partial charge in [0, 0.05) is 0 Å². The molecule has 0 amide bonds. The van der Waals surface area contributed by atoms with Gasteiger partial charge in [-0.15, -0.1) is 11.3 Å². The number of piperidine rings is 1. The molecule has 1 N–H and O–H groups in total. The largest absolute Gasteiger partial charge is 0.508 e. The van der Waals surface area contributed by atoms with Crippen LogP contribution in [0.4, 0.5) is 0 Å². The summed E-state index contributed by atoms with van der Waals surface area (Å²) in [5.74, 6) is 0.303. The van der Waals surface area contributed by atoms with Crippen molar-refractivity contribution in [2.24, 2.45) is 0 Å². The van der Waals surface area contributed by atoms with E-state index in [9.17, 15) is 0 Å². The molecular weight excluding hydrogens is 244 g/mol. The number of aromatic nitrogens is 1. The minimum atomic E-state index is 0. The molecular formula is C14H22N2OS. The predicted molar refractivity (Wildman–Crippen MR) is 79.4 cm³/mol. The number of phenolic OH excluding ortho intramolecular Hbond substituents is 1. The lowest BCUT2D eigenvalue weighted by Gasteiger charge is -2.20. The van der Waals surface area contributed by atoms with E-state index >= 15 is 0 Å². The molecule has 4 heteroatoms. The molecule has 1 aliphatic rings. The highest BCUT2D eigenvalue weighted by molar-refractivity contribution is 7.16. The maximum Gasteiger partial charge on any atom is 0.117 e. The second kappa shape index (κ2) is 7.34. The third-order valence-corrected chi connectivity index (χ3v) is 3.69. The molecule has 1 aliphatic heterocycles.